The highest BCUT2D eigenvalue weighted by molar-refractivity contribution is 5.93. The monoisotopic (exact) mass is 375 g/mol. The molecule has 0 saturated heterocycles. The Morgan fingerprint density at radius 1 is 1.11 bits per heavy atom. The van der Waals surface area contributed by atoms with E-state index in [1.165, 1.54) is 52.4 Å². The topological polar surface area (TPSA) is 44.8 Å². The number of hydrogen-bond acceptors (Lipinski definition) is 5. The molecule has 1 heterocycles. The number of anilines is 2. The van der Waals surface area contributed by atoms with E-state index < -0.39 is 0 Å². The highest BCUT2D eigenvalue weighted by Gasteiger charge is 2.28. The molecule has 1 atom stereocenters. The van der Waals surface area contributed by atoms with Gasteiger partial charge in [-0.2, -0.15) is 0 Å². The second kappa shape index (κ2) is 11.2. The number of esters is 1. The minimum absolute atomic E-state index is 0.273. The van der Waals surface area contributed by atoms with E-state index in [1.54, 1.807) is 0 Å². The normalized spacial score (nSPS) is 15.7. The second-order valence-electron chi connectivity index (χ2n) is 7.41. The molecular weight excluding hydrogens is 338 g/mol. The van der Waals surface area contributed by atoms with Crippen LogP contribution in [0.4, 0.5) is 11.4 Å². The lowest BCUT2D eigenvalue weighted by Crippen LogP contribution is -2.36. The average Bonchev–Trinajstić information content (AvgIpc) is 3.02. The van der Waals surface area contributed by atoms with Gasteiger partial charge in [0.1, 0.15) is 0 Å². The summed E-state index contributed by atoms with van der Waals surface area (Å²) < 4.78 is 4.88. The maximum absolute atomic E-state index is 11.9. The van der Waals surface area contributed by atoms with Gasteiger partial charge in [0, 0.05) is 6.54 Å². The van der Waals surface area contributed by atoms with Crippen LogP contribution in [0.25, 0.3) is 0 Å². The number of nitrogens with zero attached hydrogens (tertiary/aromatic N) is 2. The molecule has 0 saturated carbocycles. The quantitative estimate of drug-likeness (QED) is 0.422. The van der Waals surface area contributed by atoms with Gasteiger partial charge >= 0.3 is 5.97 Å². The molecule has 0 aliphatic carbocycles. The van der Waals surface area contributed by atoms with Gasteiger partial charge in [-0.05, 0) is 76.4 Å². The summed E-state index contributed by atoms with van der Waals surface area (Å²) in [5.41, 5.74) is 2.87. The van der Waals surface area contributed by atoms with Crippen LogP contribution in [0.15, 0.2) is 18.2 Å². The van der Waals surface area contributed by atoms with Crippen molar-refractivity contribution in [1.29, 1.82) is 0 Å². The number of hydrogen-bond donors (Lipinski definition) is 1. The molecule has 0 amide bonds. The number of fused-ring (bicyclic) bond motifs is 1. The molecule has 0 bridgehead atoms. The molecule has 152 valence electrons. The van der Waals surface area contributed by atoms with Crippen molar-refractivity contribution in [2.75, 3.05) is 43.5 Å². The van der Waals surface area contributed by atoms with Crippen LogP contribution in [0.5, 0.6) is 0 Å². The van der Waals surface area contributed by atoms with E-state index in [9.17, 15) is 4.79 Å². The minimum atomic E-state index is -0.273. The van der Waals surface area contributed by atoms with Gasteiger partial charge in [-0.1, -0.05) is 20.8 Å². The average molecular weight is 376 g/mol. The summed E-state index contributed by atoms with van der Waals surface area (Å²) in [4.78, 5) is 16.9. The summed E-state index contributed by atoms with van der Waals surface area (Å²) in [6, 6.07) is 5.82. The molecule has 1 N–H and O–H groups in total. The molecule has 1 aliphatic heterocycles. The van der Waals surface area contributed by atoms with Gasteiger partial charge < -0.3 is 19.9 Å². The van der Waals surface area contributed by atoms with Gasteiger partial charge in [0.2, 0.25) is 0 Å². The first kappa shape index (κ1) is 21.5. The zero-order valence-corrected chi connectivity index (χ0v) is 17.6. The van der Waals surface area contributed by atoms with E-state index in [2.05, 4.69) is 35.9 Å². The van der Waals surface area contributed by atoms with Crippen molar-refractivity contribution in [2.45, 2.75) is 65.5 Å². The van der Waals surface area contributed by atoms with Gasteiger partial charge in [0.05, 0.1) is 30.2 Å². The SMILES string of the molecule is CCCN(CCC)CCCCC1Nc2ccc(C(=O)OC)cc2N1CCC. The van der Waals surface area contributed by atoms with Crippen molar-refractivity contribution < 1.29 is 9.53 Å². The van der Waals surface area contributed by atoms with Crippen LogP contribution in [0.1, 0.15) is 69.7 Å². The van der Waals surface area contributed by atoms with Crippen molar-refractivity contribution in [3.8, 4) is 0 Å². The lowest BCUT2D eigenvalue weighted by molar-refractivity contribution is 0.0601. The predicted molar refractivity (Wildman–Crippen MR) is 114 cm³/mol. The van der Waals surface area contributed by atoms with Crippen LogP contribution in [0, 0.1) is 0 Å². The number of methoxy groups -OCH3 is 1. The van der Waals surface area contributed by atoms with Gasteiger partial charge in [-0.3, -0.25) is 0 Å². The summed E-state index contributed by atoms with van der Waals surface area (Å²) in [5.74, 6) is -0.273. The number of benzene rings is 1. The van der Waals surface area contributed by atoms with Gasteiger partial charge in [-0.25, -0.2) is 4.79 Å². The van der Waals surface area contributed by atoms with E-state index >= 15 is 0 Å². The summed E-state index contributed by atoms with van der Waals surface area (Å²) in [5, 5.41) is 3.65. The molecule has 1 aromatic rings. The second-order valence-corrected chi connectivity index (χ2v) is 7.41. The third-order valence-corrected chi connectivity index (χ3v) is 5.17. The Balaban J connectivity index is 1.94. The number of ether oxygens (including phenoxy) is 1. The molecule has 1 aliphatic rings. The van der Waals surface area contributed by atoms with Gasteiger partial charge in [0.25, 0.3) is 0 Å². The molecule has 27 heavy (non-hydrogen) atoms. The first-order valence-electron chi connectivity index (χ1n) is 10.6. The molecule has 0 spiro atoms. The van der Waals surface area contributed by atoms with Crippen molar-refractivity contribution in [3.63, 3.8) is 0 Å². The fourth-order valence-corrected chi connectivity index (χ4v) is 3.95. The standard InChI is InChI=1S/C22H37N3O2/c1-5-13-24(14-6-2)16-9-8-10-21-23-19-12-11-18(22(26)27-4)17-20(19)25(21)15-7-3/h11-12,17,21,23H,5-10,13-16H2,1-4H3. The predicted octanol–water partition coefficient (Wildman–Crippen LogP) is 4.73. The van der Waals surface area contributed by atoms with E-state index in [0.717, 1.165) is 30.8 Å². The Morgan fingerprint density at radius 2 is 1.85 bits per heavy atom. The number of rotatable bonds is 12. The van der Waals surface area contributed by atoms with E-state index in [0.29, 0.717) is 11.7 Å². The lowest BCUT2D eigenvalue weighted by Gasteiger charge is -2.27. The summed E-state index contributed by atoms with van der Waals surface area (Å²) in [6.07, 6.45) is 7.42. The zero-order valence-electron chi connectivity index (χ0n) is 17.6. The first-order valence-corrected chi connectivity index (χ1v) is 10.6. The summed E-state index contributed by atoms with van der Waals surface area (Å²) in [6.45, 7) is 11.3. The third-order valence-electron chi connectivity index (χ3n) is 5.17. The number of carbonyl (C=O) groups is 1. The minimum Gasteiger partial charge on any atom is -0.465 e. The molecule has 1 aromatic carbocycles. The fourth-order valence-electron chi connectivity index (χ4n) is 3.95. The fraction of sp³-hybridized carbons (Fsp3) is 0.682. The Bertz CT molecular complexity index is 585. The molecule has 0 aromatic heterocycles. The van der Waals surface area contributed by atoms with Crippen LogP contribution < -0.4 is 10.2 Å². The number of carbonyl (C=O) groups excluding carboxylic acids is 1. The first-order chi connectivity index (χ1) is 13.1. The molecule has 1 unspecified atom stereocenters. The third kappa shape index (κ3) is 5.86. The van der Waals surface area contributed by atoms with Crippen molar-refractivity contribution in [3.05, 3.63) is 23.8 Å². The van der Waals surface area contributed by atoms with Crippen molar-refractivity contribution >= 4 is 17.3 Å². The summed E-state index contributed by atoms with van der Waals surface area (Å²) in [7, 11) is 1.43. The van der Waals surface area contributed by atoms with Gasteiger partial charge in [0.15, 0.2) is 0 Å². The van der Waals surface area contributed by atoms with Crippen LogP contribution in [0.2, 0.25) is 0 Å². The Labute approximate surface area is 165 Å². The molecular formula is C22H37N3O2. The van der Waals surface area contributed by atoms with Crippen molar-refractivity contribution in [1.82, 2.24) is 4.90 Å². The Kier molecular flexibility index (Phi) is 8.92. The summed E-state index contributed by atoms with van der Waals surface area (Å²) >= 11 is 0. The van der Waals surface area contributed by atoms with Crippen LogP contribution in [-0.4, -0.2) is 50.3 Å². The molecule has 2 rings (SSSR count). The molecule has 0 radical (unpaired) electrons. The molecule has 5 nitrogen and oxygen atoms in total. The smallest absolute Gasteiger partial charge is 0.337 e. The Morgan fingerprint density at radius 3 is 2.48 bits per heavy atom. The van der Waals surface area contributed by atoms with Crippen LogP contribution in [0.3, 0.4) is 0 Å². The lowest BCUT2D eigenvalue weighted by atomic mass is 10.1. The zero-order chi connectivity index (χ0) is 19.6. The maximum atomic E-state index is 11.9. The molecule has 0 fully saturated rings. The van der Waals surface area contributed by atoms with E-state index in [1.807, 2.05) is 18.2 Å². The number of nitrogens with one attached hydrogen (secondary N) is 1. The maximum Gasteiger partial charge on any atom is 0.337 e. The van der Waals surface area contributed by atoms with E-state index in [4.69, 9.17) is 4.74 Å². The van der Waals surface area contributed by atoms with Crippen molar-refractivity contribution in [2.24, 2.45) is 0 Å². The largest absolute Gasteiger partial charge is 0.465 e. The van der Waals surface area contributed by atoms with Crippen LogP contribution in [-0.2, 0) is 4.74 Å². The van der Waals surface area contributed by atoms with Crippen LogP contribution >= 0.6 is 0 Å². The van der Waals surface area contributed by atoms with Gasteiger partial charge in [-0.15, -0.1) is 0 Å². The highest BCUT2D eigenvalue weighted by atomic mass is 16.5. The number of unbranched alkanes of at least 4 members (excludes halogenated alkanes) is 1. The Hall–Kier alpha value is -1.75. The highest BCUT2D eigenvalue weighted by Crippen LogP contribution is 2.37. The molecule has 5 heteroatoms. The van der Waals surface area contributed by atoms with E-state index in [-0.39, 0.29) is 5.97 Å².